The van der Waals surface area contributed by atoms with Gasteiger partial charge in [0.25, 0.3) is 11.8 Å². The van der Waals surface area contributed by atoms with Gasteiger partial charge in [0.05, 0.1) is 45.4 Å². The van der Waals surface area contributed by atoms with Crippen LogP contribution >= 0.6 is 36.0 Å². The van der Waals surface area contributed by atoms with Gasteiger partial charge in [-0.2, -0.15) is 23.7 Å². The van der Waals surface area contributed by atoms with Gasteiger partial charge in [-0.1, -0.05) is 69.2 Å². The standard InChI is InChI=1S/C19H15ClN4OS.C14H15F3N4OS.2C2H6/c1-12-3-5-13(6-4-12)24-18(26)23(17(25)19(24)7-2-8-19)14-9-15(20)16(10-21)22-11-14;1-13(2,20(3)4)12(22)21(8-23)9-5-10(14(15,16)17)11(6-18)19-7-9;2*1-2/h3-6,9,11H,2,7-8H2,1H3;5,7-8H,1-4H3;2*1-2H3. The van der Waals surface area contributed by atoms with Crippen LogP contribution < -0.4 is 14.7 Å². The molecule has 2 aromatic heterocycles. The van der Waals surface area contributed by atoms with E-state index in [4.69, 9.17) is 46.6 Å². The summed E-state index contributed by atoms with van der Waals surface area (Å²) in [5.41, 5.74) is -0.125. The fourth-order valence-corrected chi connectivity index (χ4v) is 6.03. The molecule has 0 radical (unpaired) electrons. The van der Waals surface area contributed by atoms with E-state index in [0.29, 0.717) is 16.9 Å². The van der Waals surface area contributed by atoms with Crippen molar-refractivity contribution >= 4 is 75.5 Å². The summed E-state index contributed by atoms with van der Waals surface area (Å²) in [5, 5.41) is 18.4. The Kier molecular flexibility index (Phi) is 15.6. The summed E-state index contributed by atoms with van der Waals surface area (Å²) in [4.78, 5) is 39.4. The zero-order valence-electron chi connectivity index (χ0n) is 31.0. The van der Waals surface area contributed by atoms with Crippen LogP contribution in [0.4, 0.5) is 30.2 Å². The molecule has 10 nitrogen and oxygen atoms in total. The maximum absolute atomic E-state index is 13.3. The van der Waals surface area contributed by atoms with Crippen LogP contribution in [0, 0.1) is 29.6 Å². The Balaban J connectivity index is 0.000000338. The number of amides is 2. The van der Waals surface area contributed by atoms with Crippen LogP contribution in [0.3, 0.4) is 0 Å². The minimum absolute atomic E-state index is 0.0584. The van der Waals surface area contributed by atoms with Crippen molar-refractivity contribution in [1.82, 2.24) is 14.9 Å². The van der Waals surface area contributed by atoms with Gasteiger partial charge in [-0.3, -0.25) is 24.3 Å². The lowest BCUT2D eigenvalue weighted by molar-refractivity contribution is -0.138. The molecule has 2 fully saturated rings. The minimum atomic E-state index is -4.76. The monoisotopic (exact) mass is 786 g/mol. The fraction of sp³-hybridized carbons (Fsp3) is 0.405. The molecular formula is C37H42ClF3N8O2S2. The highest BCUT2D eigenvalue weighted by Crippen LogP contribution is 2.48. The molecular weight excluding hydrogens is 745 g/mol. The largest absolute Gasteiger partial charge is 0.419 e. The van der Waals surface area contributed by atoms with Crippen molar-refractivity contribution in [3.63, 3.8) is 0 Å². The van der Waals surface area contributed by atoms with Gasteiger partial charge in [0.15, 0.2) is 16.5 Å². The average molecular weight is 787 g/mol. The van der Waals surface area contributed by atoms with E-state index in [1.807, 2.05) is 69.9 Å². The quantitative estimate of drug-likeness (QED) is 0.225. The third-order valence-electron chi connectivity index (χ3n) is 8.60. The smallest absolute Gasteiger partial charge is 0.303 e. The van der Waals surface area contributed by atoms with Gasteiger partial charge in [-0.15, -0.1) is 0 Å². The van der Waals surface area contributed by atoms with Crippen molar-refractivity contribution in [1.29, 1.82) is 10.5 Å². The zero-order valence-corrected chi connectivity index (χ0v) is 33.4. The zero-order chi connectivity index (χ0) is 40.5. The molecule has 1 aliphatic heterocycles. The Morgan fingerprint density at radius 3 is 1.96 bits per heavy atom. The number of rotatable bonds is 6. The van der Waals surface area contributed by atoms with Gasteiger partial charge in [0.2, 0.25) is 0 Å². The number of carbonyl (C=O) groups is 2. The Morgan fingerprint density at radius 1 is 0.981 bits per heavy atom. The summed E-state index contributed by atoms with van der Waals surface area (Å²) in [7, 11) is 3.33. The molecule has 0 atom stereocenters. The Morgan fingerprint density at radius 2 is 1.53 bits per heavy atom. The number of carbonyl (C=O) groups excluding carboxylic acids is 2. The molecule has 2 amide bonds. The molecule has 282 valence electrons. The lowest BCUT2D eigenvalue weighted by Crippen LogP contribution is -2.55. The molecule has 1 aromatic carbocycles. The van der Waals surface area contributed by atoms with Crippen molar-refractivity contribution in [2.45, 2.75) is 85.0 Å². The van der Waals surface area contributed by atoms with E-state index in [1.54, 1.807) is 38.9 Å². The van der Waals surface area contributed by atoms with Crippen molar-refractivity contribution < 1.29 is 22.8 Å². The van der Waals surface area contributed by atoms with Crippen LogP contribution in [-0.2, 0) is 15.8 Å². The summed E-state index contributed by atoms with van der Waals surface area (Å²) in [6.45, 7) is 13.2. The molecule has 1 saturated carbocycles. The van der Waals surface area contributed by atoms with E-state index >= 15 is 0 Å². The van der Waals surface area contributed by atoms with Crippen LogP contribution in [0.5, 0.6) is 0 Å². The van der Waals surface area contributed by atoms with E-state index in [0.717, 1.165) is 47.1 Å². The highest BCUT2D eigenvalue weighted by Gasteiger charge is 2.59. The van der Waals surface area contributed by atoms with E-state index in [9.17, 15) is 22.8 Å². The third-order valence-corrected chi connectivity index (χ3v) is 9.47. The molecule has 1 spiro atoms. The van der Waals surface area contributed by atoms with Crippen molar-refractivity contribution in [3.8, 4) is 12.1 Å². The molecule has 0 bridgehead atoms. The van der Waals surface area contributed by atoms with Crippen molar-refractivity contribution in [2.75, 3.05) is 28.8 Å². The second-order valence-corrected chi connectivity index (χ2v) is 13.0. The number of alkyl halides is 3. The molecule has 0 N–H and O–H groups in total. The SMILES string of the molecule is CC.CC.CN(C)C(C)(C)C(=O)N(C=S)c1cnc(C#N)c(C(F)(F)F)c1.Cc1ccc(N2C(=S)N(c3cnc(C#N)c(Cl)c3)C(=O)C23CCC3)cc1. The van der Waals surface area contributed by atoms with Gasteiger partial charge in [0, 0.05) is 5.69 Å². The number of anilines is 3. The number of halogens is 4. The number of hydrogen-bond donors (Lipinski definition) is 0. The second kappa shape index (κ2) is 18.5. The maximum atomic E-state index is 13.3. The fourth-order valence-electron chi connectivity index (χ4n) is 5.14. The second-order valence-electron chi connectivity index (χ2n) is 12.0. The first-order chi connectivity index (χ1) is 24.9. The molecule has 16 heteroatoms. The Labute approximate surface area is 324 Å². The summed E-state index contributed by atoms with van der Waals surface area (Å²) in [5.74, 6) is -0.575. The number of benzene rings is 1. The van der Waals surface area contributed by atoms with Crippen LogP contribution in [0.25, 0.3) is 0 Å². The first-order valence-electron chi connectivity index (χ1n) is 16.7. The predicted molar refractivity (Wildman–Crippen MR) is 210 cm³/mol. The highest BCUT2D eigenvalue weighted by molar-refractivity contribution is 7.81. The first kappa shape index (κ1) is 44.6. The lowest BCUT2D eigenvalue weighted by atomic mass is 9.75. The predicted octanol–water partition coefficient (Wildman–Crippen LogP) is 8.63. The molecule has 3 aromatic rings. The van der Waals surface area contributed by atoms with Crippen LogP contribution in [0.2, 0.25) is 5.02 Å². The Hall–Kier alpha value is -4.54. The maximum Gasteiger partial charge on any atom is 0.419 e. The van der Waals surface area contributed by atoms with Crippen LogP contribution in [0.1, 0.15) is 83.3 Å². The molecule has 53 heavy (non-hydrogen) atoms. The Bertz CT molecular complexity index is 1900. The average Bonchev–Trinajstić information content (AvgIpc) is 3.36. The lowest BCUT2D eigenvalue weighted by Gasteiger charge is -2.43. The summed E-state index contributed by atoms with van der Waals surface area (Å²) in [6, 6.07) is 13.6. The third kappa shape index (κ3) is 9.16. The molecule has 1 saturated heterocycles. The summed E-state index contributed by atoms with van der Waals surface area (Å²) >= 11 is 16.6. The molecule has 0 unspecified atom stereocenters. The van der Waals surface area contributed by atoms with Crippen LogP contribution in [0.15, 0.2) is 48.8 Å². The number of aromatic nitrogens is 2. The van der Waals surface area contributed by atoms with Crippen LogP contribution in [-0.4, -0.2) is 62.5 Å². The molecule has 1 aliphatic carbocycles. The van der Waals surface area contributed by atoms with Crippen molar-refractivity contribution in [3.05, 3.63) is 76.3 Å². The summed E-state index contributed by atoms with van der Waals surface area (Å²) < 4.78 is 39.0. The number of pyridine rings is 2. The number of likely N-dealkylation sites (N-methyl/N-ethyl adjacent to an activating group) is 1. The first-order valence-corrected chi connectivity index (χ1v) is 17.9. The molecule has 5 rings (SSSR count). The van der Waals surface area contributed by atoms with Gasteiger partial charge < -0.3 is 4.90 Å². The number of hydrogen-bond acceptors (Lipinski definition) is 9. The minimum Gasteiger partial charge on any atom is -0.303 e. The van der Waals surface area contributed by atoms with Gasteiger partial charge >= 0.3 is 6.18 Å². The van der Waals surface area contributed by atoms with Gasteiger partial charge in [-0.05, 0) is 90.6 Å². The molecule has 2 aliphatic rings. The number of aryl methyl sites for hydroxylation is 1. The van der Waals surface area contributed by atoms with E-state index < -0.39 is 34.4 Å². The molecule has 3 heterocycles. The van der Waals surface area contributed by atoms with E-state index in [2.05, 4.69) is 9.97 Å². The topological polar surface area (TPSA) is 120 Å². The highest BCUT2D eigenvalue weighted by atomic mass is 35.5. The normalized spacial score (nSPS) is 14.3. The summed E-state index contributed by atoms with van der Waals surface area (Å²) in [6.07, 6.45) is 0.222. The number of thiocarbonyl (C=S) groups is 2. The van der Waals surface area contributed by atoms with Gasteiger partial charge in [0.1, 0.15) is 17.7 Å². The van der Waals surface area contributed by atoms with E-state index in [1.165, 1.54) is 17.2 Å². The van der Waals surface area contributed by atoms with Gasteiger partial charge in [-0.25, -0.2) is 9.97 Å². The van der Waals surface area contributed by atoms with Crippen molar-refractivity contribution in [2.24, 2.45) is 0 Å². The van der Waals surface area contributed by atoms with E-state index in [-0.39, 0.29) is 22.3 Å². The number of nitrogens with zero attached hydrogens (tertiary/aromatic N) is 8. The number of nitriles is 2.